The Hall–Kier alpha value is -1.88. The molecular formula is C19H24BrN3O. The van der Waals surface area contributed by atoms with Crippen LogP contribution in [0.1, 0.15) is 36.8 Å². The Bertz CT molecular complexity index is 731. The van der Waals surface area contributed by atoms with E-state index in [0.29, 0.717) is 5.88 Å². The van der Waals surface area contributed by atoms with Gasteiger partial charge in [0.05, 0.1) is 22.2 Å². The van der Waals surface area contributed by atoms with Crippen LogP contribution >= 0.6 is 15.9 Å². The first kappa shape index (κ1) is 18.5. The molecule has 0 spiro atoms. The van der Waals surface area contributed by atoms with Crippen LogP contribution in [0, 0.1) is 13.8 Å². The maximum atomic E-state index is 6.07. The van der Waals surface area contributed by atoms with Gasteiger partial charge in [-0.3, -0.25) is 0 Å². The van der Waals surface area contributed by atoms with Crippen molar-refractivity contribution >= 4 is 28.0 Å². The van der Waals surface area contributed by atoms with Crippen LogP contribution in [0.5, 0.6) is 5.88 Å². The average molecular weight is 390 g/mol. The highest BCUT2D eigenvalue weighted by atomic mass is 79.9. The average Bonchev–Trinajstić information content (AvgIpc) is 2.56. The van der Waals surface area contributed by atoms with Gasteiger partial charge in [0.15, 0.2) is 0 Å². The zero-order valence-corrected chi connectivity index (χ0v) is 16.5. The van der Waals surface area contributed by atoms with E-state index in [0.717, 1.165) is 28.0 Å². The van der Waals surface area contributed by atoms with E-state index >= 15 is 0 Å². The summed E-state index contributed by atoms with van der Waals surface area (Å²) < 4.78 is 6.88. The number of aliphatic imine (C=N–C) groups is 1. The molecule has 0 N–H and O–H groups in total. The molecule has 5 heteroatoms. The molecule has 2 aromatic rings. The standard InChI is InChI=1S/C19H24BrN3O/c1-6-23(5)12-21-18-11-17(20)19(22-14(18)3)24-15(4)16-10-8-7-9-13(16)2/h7-12,15H,6H2,1-5H3/b21-12+. The minimum absolute atomic E-state index is 0.0741. The summed E-state index contributed by atoms with van der Waals surface area (Å²) in [7, 11) is 1.99. The van der Waals surface area contributed by atoms with Gasteiger partial charge in [0.25, 0.3) is 0 Å². The van der Waals surface area contributed by atoms with Gasteiger partial charge >= 0.3 is 0 Å². The quantitative estimate of drug-likeness (QED) is 0.502. The second kappa shape index (κ2) is 8.29. The fourth-order valence-electron chi connectivity index (χ4n) is 2.28. The van der Waals surface area contributed by atoms with E-state index in [1.807, 2.05) is 50.3 Å². The third kappa shape index (κ3) is 4.57. The van der Waals surface area contributed by atoms with Gasteiger partial charge in [0.2, 0.25) is 5.88 Å². The van der Waals surface area contributed by atoms with Crippen LogP contribution in [0.25, 0.3) is 0 Å². The number of nitrogens with zero attached hydrogens (tertiary/aromatic N) is 3. The highest BCUT2D eigenvalue weighted by molar-refractivity contribution is 9.10. The number of benzene rings is 1. The summed E-state index contributed by atoms with van der Waals surface area (Å²) in [5, 5.41) is 0. The number of aromatic nitrogens is 1. The molecule has 0 aliphatic carbocycles. The van der Waals surface area contributed by atoms with Gasteiger partial charge in [-0.05, 0) is 60.8 Å². The molecule has 24 heavy (non-hydrogen) atoms. The van der Waals surface area contributed by atoms with Crippen LogP contribution in [-0.4, -0.2) is 29.8 Å². The Morgan fingerprint density at radius 2 is 2.04 bits per heavy atom. The Morgan fingerprint density at radius 3 is 2.71 bits per heavy atom. The molecule has 1 unspecified atom stereocenters. The van der Waals surface area contributed by atoms with Crippen molar-refractivity contribution in [2.24, 2.45) is 4.99 Å². The lowest BCUT2D eigenvalue weighted by molar-refractivity contribution is 0.215. The topological polar surface area (TPSA) is 37.7 Å². The first-order valence-electron chi connectivity index (χ1n) is 8.06. The predicted octanol–water partition coefficient (Wildman–Crippen LogP) is 5.21. The van der Waals surface area contributed by atoms with E-state index in [1.165, 1.54) is 5.56 Å². The van der Waals surface area contributed by atoms with Crippen LogP contribution in [0.4, 0.5) is 5.69 Å². The first-order valence-corrected chi connectivity index (χ1v) is 8.85. The lowest BCUT2D eigenvalue weighted by atomic mass is 10.0. The van der Waals surface area contributed by atoms with E-state index in [1.54, 1.807) is 0 Å². The summed E-state index contributed by atoms with van der Waals surface area (Å²) in [6, 6.07) is 10.2. The summed E-state index contributed by atoms with van der Waals surface area (Å²) in [6.07, 6.45) is 1.74. The summed E-state index contributed by atoms with van der Waals surface area (Å²) in [4.78, 5) is 11.1. The van der Waals surface area contributed by atoms with Gasteiger partial charge in [-0.15, -0.1) is 0 Å². The van der Waals surface area contributed by atoms with Crippen LogP contribution in [0.15, 0.2) is 39.8 Å². The summed E-state index contributed by atoms with van der Waals surface area (Å²) >= 11 is 3.55. The maximum absolute atomic E-state index is 6.07. The van der Waals surface area contributed by atoms with Crippen molar-refractivity contribution < 1.29 is 4.74 Å². The number of ether oxygens (including phenoxy) is 1. The largest absolute Gasteiger partial charge is 0.469 e. The highest BCUT2D eigenvalue weighted by Gasteiger charge is 2.14. The number of hydrogen-bond acceptors (Lipinski definition) is 3. The third-order valence-corrected chi connectivity index (χ3v) is 4.48. The fourth-order valence-corrected chi connectivity index (χ4v) is 2.68. The Morgan fingerprint density at radius 1 is 1.33 bits per heavy atom. The SMILES string of the molecule is CCN(C)/C=N/c1cc(Br)c(OC(C)c2ccccc2C)nc1C. The summed E-state index contributed by atoms with van der Waals surface area (Å²) in [5.41, 5.74) is 4.04. The number of pyridine rings is 1. The van der Waals surface area contributed by atoms with Crippen molar-refractivity contribution in [3.05, 3.63) is 51.6 Å². The minimum atomic E-state index is -0.0741. The van der Waals surface area contributed by atoms with Gasteiger partial charge in [-0.1, -0.05) is 24.3 Å². The molecule has 1 aromatic carbocycles. The molecule has 0 aliphatic heterocycles. The molecule has 4 nitrogen and oxygen atoms in total. The van der Waals surface area contributed by atoms with Crippen LogP contribution < -0.4 is 4.74 Å². The molecule has 0 radical (unpaired) electrons. The van der Waals surface area contributed by atoms with E-state index in [4.69, 9.17) is 4.74 Å². The smallest absolute Gasteiger partial charge is 0.228 e. The van der Waals surface area contributed by atoms with Crippen molar-refractivity contribution in [2.45, 2.75) is 33.8 Å². The molecule has 0 aliphatic rings. The van der Waals surface area contributed by atoms with Gasteiger partial charge in [-0.2, -0.15) is 0 Å². The van der Waals surface area contributed by atoms with Crippen molar-refractivity contribution in [3.63, 3.8) is 0 Å². The molecule has 0 fully saturated rings. The number of hydrogen-bond donors (Lipinski definition) is 0. The molecule has 128 valence electrons. The van der Waals surface area contributed by atoms with Gasteiger partial charge in [0.1, 0.15) is 6.10 Å². The first-order chi connectivity index (χ1) is 11.4. The molecule has 1 heterocycles. The van der Waals surface area contributed by atoms with E-state index < -0.39 is 0 Å². The minimum Gasteiger partial charge on any atom is -0.469 e. The summed E-state index contributed by atoms with van der Waals surface area (Å²) in [6.45, 7) is 9.05. The zero-order valence-electron chi connectivity index (χ0n) is 14.9. The molecule has 0 bridgehead atoms. The van der Waals surface area contributed by atoms with Crippen molar-refractivity contribution in [1.29, 1.82) is 0 Å². The van der Waals surface area contributed by atoms with E-state index in [9.17, 15) is 0 Å². The Kier molecular flexibility index (Phi) is 6.37. The van der Waals surface area contributed by atoms with Crippen LogP contribution in [-0.2, 0) is 0 Å². The zero-order chi connectivity index (χ0) is 17.7. The maximum Gasteiger partial charge on any atom is 0.228 e. The predicted molar refractivity (Wildman–Crippen MR) is 103 cm³/mol. The Labute approximate surface area is 152 Å². The fraction of sp³-hybridized carbons (Fsp3) is 0.368. The van der Waals surface area contributed by atoms with Crippen LogP contribution in [0.2, 0.25) is 0 Å². The van der Waals surface area contributed by atoms with Crippen molar-refractivity contribution in [1.82, 2.24) is 9.88 Å². The molecule has 1 aromatic heterocycles. The molecule has 0 saturated carbocycles. The van der Waals surface area contributed by atoms with Crippen molar-refractivity contribution in [2.75, 3.05) is 13.6 Å². The van der Waals surface area contributed by atoms with Gasteiger partial charge < -0.3 is 9.64 Å². The third-order valence-electron chi connectivity index (χ3n) is 3.92. The number of rotatable bonds is 6. The Balaban J connectivity index is 2.22. The van der Waals surface area contributed by atoms with Gasteiger partial charge in [0, 0.05) is 13.6 Å². The highest BCUT2D eigenvalue weighted by Crippen LogP contribution is 2.32. The number of aryl methyl sites for hydroxylation is 2. The molecule has 0 saturated heterocycles. The van der Waals surface area contributed by atoms with Crippen molar-refractivity contribution in [3.8, 4) is 5.88 Å². The molecule has 2 rings (SSSR count). The summed E-state index contributed by atoms with van der Waals surface area (Å²) in [5.74, 6) is 0.589. The van der Waals surface area contributed by atoms with Crippen LogP contribution in [0.3, 0.4) is 0 Å². The van der Waals surface area contributed by atoms with E-state index in [2.05, 4.69) is 51.9 Å². The molecule has 0 amide bonds. The van der Waals surface area contributed by atoms with E-state index in [-0.39, 0.29) is 6.10 Å². The second-order valence-electron chi connectivity index (χ2n) is 5.81. The normalized spacial score (nSPS) is 12.4. The second-order valence-corrected chi connectivity index (χ2v) is 6.67. The molecule has 1 atom stereocenters. The lowest BCUT2D eigenvalue weighted by Gasteiger charge is -2.18. The number of halogens is 1. The molecular weight excluding hydrogens is 366 g/mol. The van der Waals surface area contributed by atoms with Gasteiger partial charge in [-0.25, -0.2) is 9.98 Å². The lowest BCUT2D eigenvalue weighted by Crippen LogP contribution is -2.14. The monoisotopic (exact) mass is 389 g/mol.